The molecule has 0 radical (unpaired) electrons. The summed E-state index contributed by atoms with van der Waals surface area (Å²) in [6.45, 7) is 3.64. The highest BCUT2D eigenvalue weighted by Crippen LogP contribution is 2.27. The number of rotatable bonds is 3. The van der Waals surface area contributed by atoms with Crippen LogP contribution in [0.5, 0.6) is 0 Å². The first kappa shape index (κ1) is 14.7. The molecule has 0 spiro atoms. The number of aromatic nitrogens is 3. The number of fused-ring (bicyclic) bond motifs is 1. The van der Waals surface area contributed by atoms with Gasteiger partial charge in [0, 0.05) is 14.1 Å². The van der Waals surface area contributed by atoms with Gasteiger partial charge >= 0.3 is 0 Å². The molecule has 0 saturated heterocycles. The minimum Gasteiger partial charge on any atom is -0.361 e. The lowest BCUT2D eigenvalue weighted by atomic mass is 10.2. The highest BCUT2D eigenvalue weighted by atomic mass is 32.2. The van der Waals surface area contributed by atoms with Gasteiger partial charge in [-0.3, -0.25) is 0 Å². The van der Waals surface area contributed by atoms with Gasteiger partial charge in [0.15, 0.2) is 0 Å². The second-order valence-electron chi connectivity index (χ2n) is 5.25. The van der Waals surface area contributed by atoms with Crippen LogP contribution < -0.4 is 0 Å². The Labute approximate surface area is 128 Å². The lowest BCUT2D eigenvalue weighted by molar-refractivity contribution is 0.393. The van der Waals surface area contributed by atoms with Crippen LogP contribution in [-0.2, 0) is 10.0 Å². The molecule has 116 valence electrons. The van der Waals surface area contributed by atoms with Crippen molar-refractivity contribution >= 4 is 21.1 Å². The van der Waals surface area contributed by atoms with Gasteiger partial charge in [0.25, 0.3) is 0 Å². The molecule has 0 aliphatic heterocycles. The van der Waals surface area contributed by atoms with Crippen LogP contribution in [0.25, 0.3) is 22.4 Å². The highest BCUT2D eigenvalue weighted by molar-refractivity contribution is 7.89. The molecule has 1 aromatic carbocycles. The first-order valence-corrected chi connectivity index (χ1v) is 8.10. The predicted octanol–water partition coefficient (Wildman–Crippen LogP) is 2.09. The second kappa shape index (κ2) is 4.92. The molecule has 0 atom stereocenters. The summed E-state index contributed by atoms with van der Waals surface area (Å²) in [5.41, 5.74) is 2.87. The zero-order valence-corrected chi connectivity index (χ0v) is 13.5. The quantitative estimate of drug-likeness (QED) is 0.797. The van der Waals surface area contributed by atoms with Gasteiger partial charge in [0.05, 0.1) is 27.2 Å². The molecule has 0 saturated carbocycles. The van der Waals surface area contributed by atoms with Gasteiger partial charge in [0.2, 0.25) is 10.0 Å². The zero-order valence-electron chi connectivity index (χ0n) is 12.7. The van der Waals surface area contributed by atoms with E-state index in [0.29, 0.717) is 22.6 Å². The van der Waals surface area contributed by atoms with Crippen molar-refractivity contribution in [2.75, 3.05) is 14.1 Å². The van der Waals surface area contributed by atoms with E-state index in [-0.39, 0.29) is 4.90 Å². The Morgan fingerprint density at radius 1 is 1.23 bits per heavy atom. The third-order valence-electron chi connectivity index (χ3n) is 3.50. The summed E-state index contributed by atoms with van der Waals surface area (Å²) in [5.74, 6) is 1.28. The first-order chi connectivity index (χ1) is 10.3. The number of sulfonamides is 1. The van der Waals surface area contributed by atoms with E-state index in [4.69, 9.17) is 4.52 Å². The van der Waals surface area contributed by atoms with Crippen molar-refractivity contribution in [1.82, 2.24) is 19.4 Å². The molecular formula is C14H16N4O3S. The highest BCUT2D eigenvalue weighted by Gasteiger charge is 2.20. The van der Waals surface area contributed by atoms with Gasteiger partial charge in [-0.2, -0.15) is 0 Å². The van der Waals surface area contributed by atoms with E-state index >= 15 is 0 Å². The number of aryl methyl sites for hydroxylation is 2. The van der Waals surface area contributed by atoms with Crippen LogP contribution in [0.2, 0.25) is 0 Å². The minimum absolute atomic E-state index is 0.221. The molecule has 0 amide bonds. The van der Waals surface area contributed by atoms with E-state index in [1.165, 1.54) is 18.4 Å². The zero-order chi connectivity index (χ0) is 16.1. The van der Waals surface area contributed by atoms with E-state index < -0.39 is 10.0 Å². The van der Waals surface area contributed by atoms with Gasteiger partial charge in [-0.15, -0.1) is 0 Å². The number of hydrogen-bond acceptors (Lipinski definition) is 5. The van der Waals surface area contributed by atoms with Crippen LogP contribution in [0.1, 0.15) is 11.5 Å². The van der Waals surface area contributed by atoms with Crippen molar-refractivity contribution in [3.8, 4) is 11.4 Å². The summed E-state index contributed by atoms with van der Waals surface area (Å²) in [7, 11) is -0.471. The Bertz CT molecular complexity index is 934. The number of hydrogen-bond donors (Lipinski definition) is 1. The summed E-state index contributed by atoms with van der Waals surface area (Å²) in [6.07, 6.45) is 0. The largest absolute Gasteiger partial charge is 0.361 e. The second-order valence-corrected chi connectivity index (χ2v) is 7.40. The molecule has 22 heavy (non-hydrogen) atoms. The SMILES string of the molecule is Cc1noc(C)c1-c1nc2ccc(S(=O)(=O)N(C)C)cc2[nH]1. The van der Waals surface area contributed by atoms with Crippen molar-refractivity contribution in [2.45, 2.75) is 18.7 Å². The normalized spacial score (nSPS) is 12.4. The Kier molecular flexibility index (Phi) is 3.30. The van der Waals surface area contributed by atoms with Gasteiger partial charge in [-0.25, -0.2) is 17.7 Å². The van der Waals surface area contributed by atoms with Crippen LogP contribution >= 0.6 is 0 Å². The summed E-state index contributed by atoms with van der Waals surface area (Å²) in [6, 6.07) is 4.82. The lowest BCUT2D eigenvalue weighted by Crippen LogP contribution is -2.22. The molecule has 0 fully saturated rings. The maximum atomic E-state index is 12.2. The van der Waals surface area contributed by atoms with Crippen molar-refractivity contribution in [3.63, 3.8) is 0 Å². The van der Waals surface area contributed by atoms with Crippen LogP contribution in [0.4, 0.5) is 0 Å². The summed E-state index contributed by atoms with van der Waals surface area (Å²) in [4.78, 5) is 7.84. The smallest absolute Gasteiger partial charge is 0.242 e. The summed E-state index contributed by atoms with van der Waals surface area (Å²) < 4.78 is 30.7. The Morgan fingerprint density at radius 2 is 1.95 bits per heavy atom. The van der Waals surface area contributed by atoms with E-state index in [1.807, 2.05) is 13.8 Å². The molecule has 0 aliphatic carbocycles. The van der Waals surface area contributed by atoms with Crippen molar-refractivity contribution < 1.29 is 12.9 Å². The average Bonchev–Trinajstić information content (AvgIpc) is 3.00. The maximum absolute atomic E-state index is 12.2. The Balaban J connectivity index is 2.16. The molecule has 0 aliphatic rings. The van der Waals surface area contributed by atoms with E-state index in [0.717, 1.165) is 11.3 Å². The van der Waals surface area contributed by atoms with Crippen molar-refractivity contribution in [3.05, 3.63) is 29.7 Å². The van der Waals surface area contributed by atoms with Gasteiger partial charge in [-0.1, -0.05) is 5.16 Å². The topological polar surface area (TPSA) is 92.1 Å². The maximum Gasteiger partial charge on any atom is 0.242 e. The van der Waals surface area contributed by atoms with Gasteiger partial charge in [0.1, 0.15) is 11.6 Å². The monoisotopic (exact) mass is 320 g/mol. The third-order valence-corrected chi connectivity index (χ3v) is 5.31. The fraction of sp³-hybridized carbons (Fsp3) is 0.286. The molecule has 0 unspecified atom stereocenters. The predicted molar refractivity (Wildman–Crippen MR) is 81.9 cm³/mol. The standard InChI is InChI=1S/C14H16N4O3S/c1-8-13(9(2)21-17-8)14-15-11-6-5-10(7-12(11)16-14)22(19,20)18(3)4/h5-7H,1-4H3,(H,15,16). The molecule has 3 rings (SSSR count). The van der Waals surface area contributed by atoms with Gasteiger partial charge in [-0.05, 0) is 32.0 Å². The molecule has 0 bridgehead atoms. The lowest BCUT2D eigenvalue weighted by Gasteiger charge is -2.10. The van der Waals surface area contributed by atoms with Crippen LogP contribution in [0, 0.1) is 13.8 Å². The summed E-state index contributed by atoms with van der Waals surface area (Å²) in [5, 5.41) is 3.91. The molecule has 1 N–H and O–H groups in total. The van der Waals surface area contributed by atoms with Crippen LogP contribution in [-0.4, -0.2) is 41.9 Å². The van der Waals surface area contributed by atoms with Crippen LogP contribution in [0.15, 0.2) is 27.6 Å². The number of benzene rings is 1. The van der Waals surface area contributed by atoms with Crippen molar-refractivity contribution in [2.24, 2.45) is 0 Å². The number of nitrogens with one attached hydrogen (secondary N) is 1. The fourth-order valence-corrected chi connectivity index (χ4v) is 3.23. The summed E-state index contributed by atoms with van der Waals surface area (Å²) >= 11 is 0. The van der Waals surface area contributed by atoms with E-state index in [1.54, 1.807) is 18.2 Å². The molecule has 8 heteroatoms. The third kappa shape index (κ3) is 2.20. The van der Waals surface area contributed by atoms with Gasteiger partial charge < -0.3 is 9.51 Å². The average molecular weight is 320 g/mol. The fourth-order valence-electron chi connectivity index (χ4n) is 2.30. The molecule has 7 nitrogen and oxygen atoms in total. The number of imidazole rings is 1. The van der Waals surface area contributed by atoms with E-state index in [2.05, 4.69) is 15.1 Å². The molecule has 2 heterocycles. The minimum atomic E-state index is -3.47. The number of H-pyrrole nitrogens is 1. The Morgan fingerprint density at radius 3 is 2.55 bits per heavy atom. The number of nitrogens with zero attached hydrogens (tertiary/aromatic N) is 3. The first-order valence-electron chi connectivity index (χ1n) is 6.66. The Hall–Kier alpha value is -2.19. The molecular weight excluding hydrogens is 304 g/mol. The van der Waals surface area contributed by atoms with E-state index in [9.17, 15) is 8.42 Å². The van der Waals surface area contributed by atoms with Crippen molar-refractivity contribution in [1.29, 1.82) is 0 Å². The molecule has 3 aromatic rings. The number of aromatic amines is 1. The molecule has 2 aromatic heterocycles. The van der Waals surface area contributed by atoms with Crippen LogP contribution in [0.3, 0.4) is 0 Å².